The minimum Gasteiger partial charge on any atom is -0.493 e. The Morgan fingerprint density at radius 3 is 2.18 bits per heavy atom. The number of rotatable bonds is 5. The summed E-state index contributed by atoms with van der Waals surface area (Å²) in [7, 11) is -0.854. The molecule has 1 aromatic carbocycles. The molecule has 1 heterocycles. The van der Waals surface area contributed by atoms with Crippen LogP contribution in [-0.4, -0.2) is 58.4 Å². The molecular formula is C18H27BrN2O6S. The monoisotopic (exact) mass is 478 g/mol. The van der Waals surface area contributed by atoms with Crippen molar-refractivity contribution in [2.75, 3.05) is 27.3 Å². The second-order valence-electron chi connectivity index (χ2n) is 7.50. The molecule has 0 unspecified atom stereocenters. The van der Waals surface area contributed by atoms with E-state index in [1.165, 1.54) is 20.3 Å². The van der Waals surface area contributed by atoms with Crippen LogP contribution in [0.25, 0.3) is 0 Å². The van der Waals surface area contributed by atoms with Gasteiger partial charge in [0, 0.05) is 29.7 Å². The lowest BCUT2D eigenvalue weighted by Crippen LogP contribution is -2.47. The molecule has 8 nitrogen and oxygen atoms in total. The zero-order valence-electron chi connectivity index (χ0n) is 16.7. The maximum atomic E-state index is 12.8. The molecule has 0 saturated carbocycles. The van der Waals surface area contributed by atoms with E-state index in [-0.39, 0.29) is 17.0 Å². The molecule has 1 N–H and O–H groups in total. The summed E-state index contributed by atoms with van der Waals surface area (Å²) in [5.74, 6) is 0.754. The van der Waals surface area contributed by atoms with Gasteiger partial charge in [-0.1, -0.05) is 0 Å². The van der Waals surface area contributed by atoms with Crippen molar-refractivity contribution in [2.45, 2.75) is 50.2 Å². The maximum absolute atomic E-state index is 12.8. The van der Waals surface area contributed by atoms with Crippen LogP contribution < -0.4 is 14.2 Å². The summed E-state index contributed by atoms with van der Waals surface area (Å²) in [6.45, 7) is 6.29. The van der Waals surface area contributed by atoms with Gasteiger partial charge in [0.1, 0.15) is 10.5 Å². The van der Waals surface area contributed by atoms with E-state index in [1.807, 2.05) is 20.8 Å². The van der Waals surface area contributed by atoms with Crippen LogP contribution in [0.15, 0.2) is 21.5 Å². The first-order valence-corrected chi connectivity index (χ1v) is 11.2. The molecular weight excluding hydrogens is 452 g/mol. The SMILES string of the molecule is COc1cc(Br)c(S(=O)(=O)NC2CCN(C(=O)OC(C)(C)C)CC2)cc1OC. The van der Waals surface area contributed by atoms with Crippen molar-refractivity contribution in [2.24, 2.45) is 0 Å². The number of piperidine rings is 1. The average Bonchev–Trinajstić information content (AvgIpc) is 2.60. The number of nitrogens with one attached hydrogen (secondary N) is 1. The van der Waals surface area contributed by atoms with E-state index in [2.05, 4.69) is 20.7 Å². The minimum atomic E-state index is -3.78. The number of nitrogens with zero attached hydrogens (tertiary/aromatic N) is 1. The molecule has 1 amide bonds. The van der Waals surface area contributed by atoms with E-state index in [9.17, 15) is 13.2 Å². The van der Waals surface area contributed by atoms with E-state index >= 15 is 0 Å². The van der Waals surface area contributed by atoms with Gasteiger partial charge in [0.2, 0.25) is 10.0 Å². The van der Waals surface area contributed by atoms with Gasteiger partial charge in [0.25, 0.3) is 0 Å². The zero-order valence-corrected chi connectivity index (χ0v) is 19.1. The molecule has 0 bridgehead atoms. The molecule has 0 radical (unpaired) electrons. The molecule has 158 valence electrons. The fourth-order valence-electron chi connectivity index (χ4n) is 2.83. The van der Waals surface area contributed by atoms with E-state index < -0.39 is 15.6 Å². The second kappa shape index (κ2) is 8.87. The molecule has 28 heavy (non-hydrogen) atoms. The van der Waals surface area contributed by atoms with Gasteiger partial charge < -0.3 is 19.1 Å². The van der Waals surface area contributed by atoms with Gasteiger partial charge in [-0.2, -0.15) is 0 Å². The largest absolute Gasteiger partial charge is 0.493 e. The molecule has 0 atom stereocenters. The van der Waals surface area contributed by atoms with Crippen LogP contribution in [0, 0.1) is 0 Å². The summed E-state index contributed by atoms with van der Waals surface area (Å²) < 4.78 is 44.5. The quantitative estimate of drug-likeness (QED) is 0.698. The first kappa shape index (κ1) is 22.8. The molecule has 1 aliphatic heterocycles. The summed E-state index contributed by atoms with van der Waals surface area (Å²) in [4.78, 5) is 13.8. The van der Waals surface area contributed by atoms with Gasteiger partial charge in [-0.15, -0.1) is 0 Å². The van der Waals surface area contributed by atoms with Gasteiger partial charge in [0.15, 0.2) is 11.5 Å². The van der Waals surface area contributed by atoms with E-state index in [0.717, 1.165) is 0 Å². The molecule has 1 saturated heterocycles. The number of carbonyl (C=O) groups excluding carboxylic acids is 1. The third kappa shape index (κ3) is 5.74. The number of amides is 1. The molecule has 1 fully saturated rings. The number of sulfonamides is 1. The number of ether oxygens (including phenoxy) is 3. The topological polar surface area (TPSA) is 94.2 Å². The summed E-state index contributed by atoms with van der Waals surface area (Å²) in [5.41, 5.74) is -0.560. The van der Waals surface area contributed by atoms with Crippen molar-refractivity contribution < 1.29 is 27.4 Å². The predicted octanol–water partition coefficient (Wildman–Crippen LogP) is 3.14. The number of methoxy groups -OCH3 is 2. The predicted molar refractivity (Wildman–Crippen MR) is 108 cm³/mol. The first-order valence-electron chi connectivity index (χ1n) is 8.88. The van der Waals surface area contributed by atoms with Crippen molar-refractivity contribution in [1.29, 1.82) is 0 Å². The van der Waals surface area contributed by atoms with Gasteiger partial charge in [-0.3, -0.25) is 0 Å². The number of hydrogen-bond acceptors (Lipinski definition) is 6. The molecule has 10 heteroatoms. The van der Waals surface area contributed by atoms with Crippen LogP contribution in [-0.2, 0) is 14.8 Å². The van der Waals surface area contributed by atoms with Gasteiger partial charge >= 0.3 is 6.09 Å². The fourth-order valence-corrected chi connectivity index (χ4v) is 5.17. The highest BCUT2D eigenvalue weighted by molar-refractivity contribution is 9.10. The Morgan fingerprint density at radius 2 is 1.68 bits per heavy atom. The van der Waals surface area contributed by atoms with Crippen molar-refractivity contribution >= 4 is 32.0 Å². The summed E-state index contributed by atoms with van der Waals surface area (Å²) >= 11 is 3.28. The standard InChI is InChI=1S/C18H27BrN2O6S/c1-18(2,3)27-17(22)21-8-6-12(7-9-21)20-28(23,24)16-11-15(26-5)14(25-4)10-13(16)19/h10-12,20H,6-9H2,1-5H3. The number of likely N-dealkylation sites (tertiary alicyclic amines) is 1. The van der Waals surface area contributed by atoms with E-state index in [1.54, 1.807) is 11.0 Å². The highest BCUT2D eigenvalue weighted by Crippen LogP contribution is 2.35. The minimum absolute atomic E-state index is 0.0692. The smallest absolute Gasteiger partial charge is 0.410 e. The van der Waals surface area contributed by atoms with Crippen LogP contribution in [0.1, 0.15) is 33.6 Å². The van der Waals surface area contributed by atoms with Crippen LogP contribution in [0.3, 0.4) is 0 Å². The molecule has 1 aliphatic rings. The fraction of sp³-hybridized carbons (Fsp3) is 0.611. The number of halogens is 1. The third-order valence-corrected chi connectivity index (χ3v) is 6.68. The lowest BCUT2D eigenvalue weighted by molar-refractivity contribution is 0.0203. The Labute approximate surface area is 174 Å². The number of carbonyl (C=O) groups is 1. The first-order chi connectivity index (χ1) is 13.0. The van der Waals surface area contributed by atoms with E-state index in [0.29, 0.717) is 41.9 Å². The lowest BCUT2D eigenvalue weighted by Gasteiger charge is -2.33. The van der Waals surface area contributed by atoms with Crippen molar-refractivity contribution in [1.82, 2.24) is 9.62 Å². The highest BCUT2D eigenvalue weighted by Gasteiger charge is 2.30. The summed E-state index contributed by atoms with van der Waals surface area (Å²) in [5, 5.41) is 0. The Bertz CT molecular complexity index is 814. The van der Waals surface area contributed by atoms with Crippen LogP contribution in [0.4, 0.5) is 4.79 Å². The van der Waals surface area contributed by atoms with Gasteiger partial charge in [-0.25, -0.2) is 17.9 Å². The van der Waals surface area contributed by atoms with Gasteiger partial charge in [0.05, 0.1) is 14.2 Å². The average molecular weight is 479 g/mol. The Kier molecular flexibility index (Phi) is 7.22. The maximum Gasteiger partial charge on any atom is 0.410 e. The molecule has 0 aliphatic carbocycles. The molecule has 0 spiro atoms. The Balaban J connectivity index is 2.06. The van der Waals surface area contributed by atoms with E-state index in [4.69, 9.17) is 14.2 Å². The van der Waals surface area contributed by atoms with Gasteiger partial charge in [-0.05, 0) is 55.6 Å². The van der Waals surface area contributed by atoms with Crippen LogP contribution in [0.5, 0.6) is 11.5 Å². The van der Waals surface area contributed by atoms with Crippen molar-refractivity contribution in [3.63, 3.8) is 0 Å². The lowest BCUT2D eigenvalue weighted by atomic mass is 10.1. The molecule has 0 aromatic heterocycles. The normalized spacial score (nSPS) is 16.0. The van der Waals surface area contributed by atoms with Crippen LogP contribution >= 0.6 is 15.9 Å². The van der Waals surface area contributed by atoms with Crippen molar-refractivity contribution in [3.8, 4) is 11.5 Å². The highest BCUT2D eigenvalue weighted by atomic mass is 79.9. The number of hydrogen-bond donors (Lipinski definition) is 1. The Hall–Kier alpha value is -1.52. The third-order valence-electron chi connectivity index (χ3n) is 4.20. The molecule has 2 rings (SSSR count). The summed E-state index contributed by atoms with van der Waals surface area (Å²) in [6, 6.07) is 2.70. The van der Waals surface area contributed by atoms with Crippen molar-refractivity contribution in [3.05, 3.63) is 16.6 Å². The zero-order chi connectivity index (χ0) is 21.1. The second-order valence-corrected chi connectivity index (χ2v) is 10.0. The number of benzene rings is 1. The summed E-state index contributed by atoms with van der Waals surface area (Å²) in [6.07, 6.45) is 0.628. The molecule has 1 aromatic rings. The Morgan fingerprint density at radius 1 is 1.14 bits per heavy atom. The van der Waals surface area contributed by atoms with Crippen LogP contribution in [0.2, 0.25) is 0 Å².